The van der Waals surface area contributed by atoms with Crippen molar-refractivity contribution in [3.63, 3.8) is 0 Å². The Hall–Kier alpha value is -2.38. The minimum atomic E-state index is -0.180. The van der Waals surface area contributed by atoms with E-state index in [9.17, 15) is 4.39 Å². The van der Waals surface area contributed by atoms with Crippen molar-refractivity contribution in [3.8, 4) is 0 Å². The van der Waals surface area contributed by atoms with Gasteiger partial charge in [0.25, 0.3) is 5.78 Å². The first-order chi connectivity index (χ1) is 12.3. The third-order valence-corrected chi connectivity index (χ3v) is 4.53. The average Bonchev–Trinajstić information content (AvgIpc) is 2.90. The van der Waals surface area contributed by atoms with Gasteiger partial charge in [0, 0.05) is 32.0 Å². The number of aromatic nitrogens is 4. The first-order valence-corrected chi connectivity index (χ1v) is 8.62. The van der Waals surface area contributed by atoms with Crippen LogP contribution in [0.15, 0.2) is 42.7 Å². The van der Waals surface area contributed by atoms with Gasteiger partial charge in [0.15, 0.2) is 5.82 Å². The molecule has 1 aliphatic rings. The number of hydrogen-bond donors (Lipinski definition) is 0. The lowest BCUT2D eigenvalue weighted by molar-refractivity contribution is 0.244. The van der Waals surface area contributed by atoms with Gasteiger partial charge in [0.05, 0.1) is 6.54 Å². The summed E-state index contributed by atoms with van der Waals surface area (Å²) in [5.74, 6) is 1.27. The fraction of sp³-hybridized carbons (Fsp3) is 0.389. The first kappa shape index (κ1) is 16.1. The maximum Gasteiger partial charge on any atom is 0.252 e. The average molecular weight is 340 g/mol. The Bertz CT molecular complexity index is 798. The summed E-state index contributed by atoms with van der Waals surface area (Å²) in [6.07, 6.45) is 4.70. The highest BCUT2D eigenvalue weighted by atomic mass is 19.1. The molecule has 1 saturated heterocycles. The van der Waals surface area contributed by atoms with Gasteiger partial charge < -0.3 is 0 Å². The van der Waals surface area contributed by atoms with Crippen molar-refractivity contribution in [2.45, 2.75) is 19.5 Å². The lowest BCUT2D eigenvalue weighted by Gasteiger charge is -2.21. The number of nitrogens with zero attached hydrogens (tertiary/aromatic N) is 6. The molecule has 6 nitrogen and oxygen atoms in total. The number of benzene rings is 1. The summed E-state index contributed by atoms with van der Waals surface area (Å²) in [4.78, 5) is 13.5. The predicted molar refractivity (Wildman–Crippen MR) is 92.4 cm³/mol. The van der Waals surface area contributed by atoms with Gasteiger partial charge in [0.1, 0.15) is 5.82 Å². The van der Waals surface area contributed by atoms with Crippen molar-refractivity contribution >= 4 is 5.78 Å². The van der Waals surface area contributed by atoms with Crippen LogP contribution in [0.1, 0.15) is 17.8 Å². The molecule has 3 aromatic rings. The molecule has 7 heteroatoms. The van der Waals surface area contributed by atoms with E-state index in [0.717, 1.165) is 57.1 Å². The molecular formula is C18H21FN6. The van der Waals surface area contributed by atoms with Gasteiger partial charge in [-0.15, -0.1) is 5.10 Å². The fourth-order valence-corrected chi connectivity index (χ4v) is 3.23. The molecule has 0 bridgehead atoms. The normalized spacial score (nSPS) is 17.0. The van der Waals surface area contributed by atoms with Crippen LogP contribution in [-0.4, -0.2) is 55.6 Å². The summed E-state index contributed by atoms with van der Waals surface area (Å²) in [6.45, 7) is 5.66. The highest BCUT2D eigenvalue weighted by molar-refractivity contribution is 5.24. The summed E-state index contributed by atoms with van der Waals surface area (Å²) >= 11 is 0. The SMILES string of the molecule is Fc1ccc(CN2CCCN(Cc3nc4ncccn4n3)CC2)cc1. The van der Waals surface area contributed by atoms with E-state index in [1.54, 1.807) is 10.7 Å². The van der Waals surface area contributed by atoms with Gasteiger partial charge >= 0.3 is 0 Å². The Labute approximate surface area is 145 Å². The van der Waals surface area contributed by atoms with Crippen molar-refractivity contribution in [2.24, 2.45) is 0 Å². The van der Waals surface area contributed by atoms with Crippen LogP contribution >= 0.6 is 0 Å². The Morgan fingerprint density at radius 2 is 1.72 bits per heavy atom. The molecule has 0 spiro atoms. The van der Waals surface area contributed by atoms with Crippen LogP contribution in [-0.2, 0) is 13.1 Å². The Kier molecular flexibility index (Phi) is 4.67. The molecule has 1 aromatic carbocycles. The van der Waals surface area contributed by atoms with Crippen LogP contribution in [0.5, 0.6) is 0 Å². The molecule has 3 heterocycles. The number of hydrogen-bond acceptors (Lipinski definition) is 5. The lowest BCUT2D eigenvalue weighted by atomic mass is 10.2. The number of fused-ring (bicyclic) bond motifs is 1. The monoisotopic (exact) mass is 340 g/mol. The van der Waals surface area contributed by atoms with Crippen molar-refractivity contribution in [1.29, 1.82) is 0 Å². The zero-order valence-corrected chi connectivity index (χ0v) is 14.1. The summed E-state index contributed by atoms with van der Waals surface area (Å²) in [7, 11) is 0. The van der Waals surface area contributed by atoms with E-state index in [1.807, 2.05) is 24.4 Å². The van der Waals surface area contributed by atoms with Crippen molar-refractivity contribution in [2.75, 3.05) is 26.2 Å². The van der Waals surface area contributed by atoms with E-state index < -0.39 is 0 Å². The molecule has 0 amide bonds. The maximum atomic E-state index is 13.0. The molecule has 130 valence electrons. The van der Waals surface area contributed by atoms with Crippen LogP contribution < -0.4 is 0 Å². The van der Waals surface area contributed by atoms with E-state index >= 15 is 0 Å². The third kappa shape index (κ3) is 4.00. The maximum absolute atomic E-state index is 13.0. The molecule has 0 N–H and O–H groups in total. The first-order valence-electron chi connectivity index (χ1n) is 8.62. The standard InChI is InChI=1S/C18H21FN6/c19-16-5-3-15(4-6-16)13-23-8-2-9-24(12-11-23)14-17-21-18-20-7-1-10-25(18)22-17/h1,3-7,10H,2,8-9,11-14H2. The zero-order valence-electron chi connectivity index (χ0n) is 14.1. The smallest absolute Gasteiger partial charge is 0.252 e. The van der Waals surface area contributed by atoms with Gasteiger partial charge in [-0.25, -0.2) is 13.9 Å². The molecule has 0 saturated carbocycles. The van der Waals surface area contributed by atoms with Crippen LogP contribution in [0.3, 0.4) is 0 Å². The topological polar surface area (TPSA) is 49.6 Å². The van der Waals surface area contributed by atoms with E-state index in [0.29, 0.717) is 5.78 Å². The fourth-order valence-electron chi connectivity index (χ4n) is 3.23. The molecule has 25 heavy (non-hydrogen) atoms. The summed E-state index contributed by atoms with van der Waals surface area (Å²) in [5.41, 5.74) is 1.16. The van der Waals surface area contributed by atoms with E-state index in [2.05, 4.69) is 24.9 Å². The van der Waals surface area contributed by atoms with Gasteiger partial charge in [-0.05, 0) is 43.3 Å². The minimum Gasteiger partial charge on any atom is -0.298 e. The molecular weight excluding hydrogens is 319 g/mol. The number of halogens is 1. The quantitative estimate of drug-likeness (QED) is 0.727. The van der Waals surface area contributed by atoms with Crippen LogP contribution in [0.25, 0.3) is 5.78 Å². The Morgan fingerprint density at radius 3 is 2.48 bits per heavy atom. The summed E-state index contributed by atoms with van der Waals surface area (Å²) < 4.78 is 14.7. The lowest BCUT2D eigenvalue weighted by Crippen LogP contribution is -2.30. The van der Waals surface area contributed by atoms with E-state index in [-0.39, 0.29) is 5.82 Å². The third-order valence-electron chi connectivity index (χ3n) is 4.53. The van der Waals surface area contributed by atoms with Gasteiger partial charge in [-0.2, -0.15) is 4.98 Å². The minimum absolute atomic E-state index is 0.180. The number of rotatable bonds is 4. The molecule has 0 atom stereocenters. The Morgan fingerprint density at radius 1 is 0.960 bits per heavy atom. The van der Waals surface area contributed by atoms with Gasteiger partial charge in [-0.1, -0.05) is 12.1 Å². The van der Waals surface area contributed by atoms with Crippen LogP contribution in [0.4, 0.5) is 4.39 Å². The predicted octanol–water partition coefficient (Wildman–Crippen LogP) is 1.97. The van der Waals surface area contributed by atoms with Gasteiger partial charge in [0.2, 0.25) is 0 Å². The van der Waals surface area contributed by atoms with E-state index in [4.69, 9.17) is 0 Å². The molecule has 2 aromatic heterocycles. The van der Waals surface area contributed by atoms with Crippen molar-refractivity contribution in [1.82, 2.24) is 29.4 Å². The molecule has 4 rings (SSSR count). The van der Waals surface area contributed by atoms with Crippen molar-refractivity contribution < 1.29 is 4.39 Å². The second-order valence-corrected chi connectivity index (χ2v) is 6.42. The molecule has 1 aliphatic heterocycles. The molecule has 0 radical (unpaired) electrons. The molecule has 0 aliphatic carbocycles. The summed E-state index contributed by atoms with van der Waals surface area (Å²) in [6, 6.07) is 8.65. The largest absolute Gasteiger partial charge is 0.298 e. The Balaban J connectivity index is 1.35. The van der Waals surface area contributed by atoms with Gasteiger partial charge in [-0.3, -0.25) is 9.80 Å². The van der Waals surface area contributed by atoms with Crippen LogP contribution in [0.2, 0.25) is 0 Å². The second kappa shape index (κ2) is 7.25. The van der Waals surface area contributed by atoms with Crippen LogP contribution in [0, 0.1) is 5.82 Å². The highest BCUT2D eigenvalue weighted by Crippen LogP contribution is 2.11. The molecule has 1 fully saturated rings. The van der Waals surface area contributed by atoms with Crippen molar-refractivity contribution in [3.05, 3.63) is 59.9 Å². The highest BCUT2D eigenvalue weighted by Gasteiger charge is 2.17. The second-order valence-electron chi connectivity index (χ2n) is 6.42. The summed E-state index contributed by atoms with van der Waals surface area (Å²) in [5, 5.41) is 4.48. The van der Waals surface area contributed by atoms with E-state index in [1.165, 1.54) is 12.1 Å². The molecule has 0 unspecified atom stereocenters. The zero-order chi connectivity index (χ0) is 17.1.